The Morgan fingerprint density at radius 1 is 1.64 bits per heavy atom. The summed E-state index contributed by atoms with van der Waals surface area (Å²) in [6.07, 6.45) is 0.368. The number of carbonyl (C=O) groups is 1. The number of nitrogens with one attached hydrogen (secondary N) is 1. The highest BCUT2D eigenvalue weighted by molar-refractivity contribution is 5.75. The van der Waals surface area contributed by atoms with Crippen molar-refractivity contribution in [2.45, 2.75) is 6.42 Å². The molecule has 4 N–H and O–H groups in total. The van der Waals surface area contributed by atoms with Gasteiger partial charge in [-0.2, -0.15) is 0 Å². The molecular weight excluding hydrogens is 146 g/mol. The third kappa shape index (κ3) is 5.78. The van der Waals surface area contributed by atoms with Gasteiger partial charge in [0.05, 0.1) is 6.61 Å². The van der Waals surface area contributed by atoms with Crippen LogP contribution in [0.3, 0.4) is 0 Å². The number of likely N-dealkylation sites (N-methyl/N-ethyl adjacent to an activating group) is 1. The molecule has 0 spiro atoms. The fraction of sp³-hybridized carbons (Fsp3) is 0.833. The Kier molecular flexibility index (Phi) is 5.73. The van der Waals surface area contributed by atoms with E-state index < -0.39 is 0 Å². The SMILES string of the molecule is CN(CCO)CCC(=O)NN. The normalized spacial score (nSPS) is 10.2. The topological polar surface area (TPSA) is 78.6 Å². The second-order valence-electron chi connectivity index (χ2n) is 2.34. The van der Waals surface area contributed by atoms with Crippen molar-refractivity contribution in [2.24, 2.45) is 5.84 Å². The first kappa shape index (κ1) is 10.3. The first-order valence-corrected chi connectivity index (χ1v) is 3.49. The minimum atomic E-state index is -0.185. The van der Waals surface area contributed by atoms with Gasteiger partial charge in [0, 0.05) is 19.5 Å². The van der Waals surface area contributed by atoms with Gasteiger partial charge in [0.15, 0.2) is 0 Å². The van der Waals surface area contributed by atoms with Crippen molar-refractivity contribution >= 4 is 5.91 Å². The molecule has 0 aromatic heterocycles. The summed E-state index contributed by atoms with van der Waals surface area (Å²) in [4.78, 5) is 12.5. The molecule has 5 heteroatoms. The number of amides is 1. The number of hydrogen-bond acceptors (Lipinski definition) is 4. The lowest BCUT2D eigenvalue weighted by Gasteiger charge is -2.13. The number of carbonyl (C=O) groups excluding carboxylic acids is 1. The van der Waals surface area contributed by atoms with Crippen LogP contribution in [0.25, 0.3) is 0 Å². The van der Waals surface area contributed by atoms with Crippen molar-refractivity contribution < 1.29 is 9.90 Å². The van der Waals surface area contributed by atoms with E-state index in [2.05, 4.69) is 0 Å². The summed E-state index contributed by atoms with van der Waals surface area (Å²) in [6, 6.07) is 0. The van der Waals surface area contributed by atoms with Crippen molar-refractivity contribution in [1.29, 1.82) is 0 Å². The summed E-state index contributed by atoms with van der Waals surface area (Å²) in [6.45, 7) is 1.31. The number of nitrogens with zero attached hydrogens (tertiary/aromatic N) is 1. The average molecular weight is 161 g/mol. The zero-order chi connectivity index (χ0) is 8.69. The van der Waals surface area contributed by atoms with Gasteiger partial charge in [-0.05, 0) is 7.05 Å². The van der Waals surface area contributed by atoms with Crippen LogP contribution in [0.15, 0.2) is 0 Å². The molecule has 0 radical (unpaired) electrons. The standard InChI is InChI=1S/C6H15N3O2/c1-9(4-5-10)3-2-6(11)8-7/h10H,2-5,7H2,1H3,(H,8,11). The van der Waals surface area contributed by atoms with E-state index in [-0.39, 0.29) is 12.5 Å². The van der Waals surface area contributed by atoms with E-state index in [0.717, 1.165) is 0 Å². The molecule has 0 saturated carbocycles. The molecule has 0 aromatic carbocycles. The van der Waals surface area contributed by atoms with Crippen LogP contribution in [-0.2, 0) is 4.79 Å². The molecule has 0 rings (SSSR count). The van der Waals surface area contributed by atoms with E-state index in [4.69, 9.17) is 10.9 Å². The lowest BCUT2D eigenvalue weighted by atomic mass is 10.4. The van der Waals surface area contributed by atoms with Crippen molar-refractivity contribution in [3.8, 4) is 0 Å². The van der Waals surface area contributed by atoms with Gasteiger partial charge >= 0.3 is 0 Å². The first-order valence-electron chi connectivity index (χ1n) is 3.49. The number of hydrazine groups is 1. The van der Waals surface area contributed by atoms with Crippen molar-refractivity contribution in [2.75, 3.05) is 26.7 Å². The van der Waals surface area contributed by atoms with Gasteiger partial charge in [0.2, 0.25) is 5.91 Å². The molecule has 0 atom stereocenters. The molecule has 0 aliphatic carbocycles. The van der Waals surface area contributed by atoms with Gasteiger partial charge in [0.25, 0.3) is 0 Å². The van der Waals surface area contributed by atoms with E-state index in [1.165, 1.54) is 0 Å². The van der Waals surface area contributed by atoms with Crippen LogP contribution in [-0.4, -0.2) is 42.7 Å². The summed E-state index contributed by atoms with van der Waals surface area (Å²) in [5.74, 6) is 4.68. The van der Waals surface area contributed by atoms with Gasteiger partial charge in [-0.1, -0.05) is 0 Å². The maximum atomic E-state index is 10.6. The Balaban J connectivity index is 3.29. The van der Waals surface area contributed by atoms with Crippen LogP contribution in [0.2, 0.25) is 0 Å². The van der Waals surface area contributed by atoms with Gasteiger partial charge in [-0.15, -0.1) is 0 Å². The summed E-state index contributed by atoms with van der Waals surface area (Å²) < 4.78 is 0. The Morgan fingerprint density at radius 3 is 2.73 bits per heavy atom. The molecule has 0 aliphatic heterocycles. The number of aliphatic hydroxyl groups excluding tert-OH is 1. The van der Waals surface area contributed by atoms with Crippen LogP contribution in [0, 0.1) is 0 Å². The van der Waals surface area contributed by atoms with Crippen LogP contribution in [0.1, 0.15) is 6.42 Å². The monoisotopic (exact) mass is 161 g/mol. The third-order valence-corrected chi connectivity index (χ3v) is 1.36. The highest BCUT2D eigenvalue weighted by atomic mass is 16.3. The van der Waals surface area contributed by atoms with E-state index >= 15 is 0 Å². The fourth-order valence-corrected chi connectivity index (χ4v) is 0.647. The molecule has 0 aliphatic rings. The van der Waals surface area contributed by atoms with E-state index in [0.29, 0.717) is 19.5 Å². The summed E-state index contributed by atoms with van der Waals surface area (Å²) in [7, 11) is 1.83. The molecule has 0 saturated heterocycles. The summed E-state index contributed by atoms with van der Waals surface area (Å²) >= 11 is 0. The summed E-state index contributed by atoms with van der Waals surface area (Å²) in [5.41, 5.74) is 2.03. The predicted molar refractivity (Wildman–Crippen MR) is 41.5 cm³/mol. The number of rotatable bonds is 5. The van der Waals surface area contributed by atoms with Gasteiger partial charge in [-0.25, -0.2) is 5.84 Å². The van der Waals surface area contributed by atoms with Crippen molar-refractivity contribution in [3.63, 3.8) is 0 Å². The van der Waals surface area contributed by atoms with Gasteiger partial charge in [-0.3, -0.25) is 10.2 Å². The predicted octanol–water partition coefficient (Wildman–Crippen LogP) is -1.71. The molecule has 0 bridgehead atoms. The van der Waals surface area contributed by atoms with Crippen LogP contribution in [0.4, 0.5) is 0 Å². The van der Waals surface area contributed by atoms with Crippen molar-refractivity contribution in [1.82, 2.24) is 10.3 Å². The minimum Gasteiger partial charge on any atom is -0.395 e. The molecule has 0 unspecified atom stereocenters. The molecule has 0 fully saturated rings. The van der Waals surface area contributed by atoms with E-state index in [1.54, 1.807) is 0 Å². The van der Waals surface area contributed by atoms with E-state index in [1.807, 2.05) is 17.4 Å². The fourth-order valence-electron chi connectivity index (χ4n) is 0.647. The molecule has 0 heterocycles. The number of hydrogen-bond donors (Lipinski definition) is 3. The molecule has 1 amide bonds. The second kappa shape index (κ2) is 6.09. The lowest BCUT2D eigenvalue weighted by molar-refractivity contribution is -0.121. The first-order chi connectivity index (χ1) is 5.20. The van der Waals surface area contributed by atoms with Gasteiger partial charge < -0.3 is 10.0 Å². The molecule has 66 valence electrons. The molecule has 0 aromatic rings. The number of nitrogens with two attached hydrogens (primary N) is 1. The molecular formula is C6H15N3O2. The smallest absolute Gasteiger partial charge is 0.235 e. The Labute approximate surface area is 66.1 Å². The lowest BCUT2D eigenvalue weighted by Crippen LogP contribution is -2.33. The number of aliphatic hydroxyl groups is 1. The Hall–Kier alpha value is -0.650. The summed E-state index contributed by atoms with van der Waals surface area (Å²) in [5, 5.41) is 8.49. The van der Waals surface area contributed by atoms with Crippen LogP contribution < -0.4 is 11.3 Å². The molecule has 5 nitrogen and oxygen atoms in total. The average Bonchev–Trinajstić information content (AvgIpc) is 2.01. The van der Waals surface area contributed by atoms with E-state index in [9.17, 15) is 4.79 Å². The van der Waals surface area contributed by atoms with Gasteiger partial charge in [0.1, 0.15) is 0 Å². The van der Waals surface area contributed by atoms with Crippen LogP contribution in [0.5, 0.6) is 0 Å². The highest BCUT2D eigenvalue weighted by Gasteiger charge is 2.00. The Bertz CT molecular complexity index is 118. The maximum Gasteiger partial charge on any atom is 0.235 e. The second-order valence-corrected chi connectivity index (χ2v) is 2.34. The molecule has 11 heavy (non-hydrogen) atoms. The maximum absolute atomic E-state index is 10.6. The van der Waals surface area contributed by atoms with Crippen molar-refractivity contribution in [3.05, 3.63) is 0 Å². The highest BCUT2D eigenvalue weighted by Crippen LogP contribution is 1.85. The minimum absolute atomic E-state index is 0.112. The zero-order valence-corrected chi connectivity index (χ0v) is 6.71. The third-order valence-electron chi connectivity index (χ3n) is 1.36. The quantitative estimate of drug-likeness (QED) is 0.255. The zero-order valence-electron chi connectivity index (χ0n) is 6.71. The largest absolute Gasteiger partial charge is 0.395 e. The Morgan fingerprint density at radius 2 is 2.27 bits per heavy atom. The van der Waals surface area contributed by atoms with Crippen LogP contribution >= 0.6 is 0 Å².